The number of carbonyl (C=O) groups excluding carboxylic acids is 1. The predicted octanol–water partition coefficient (Wildman–Crippen LogP) is 1.01. The maximum atomic E-state index is 11.7. The highest BCUT2D eigenvalue weighted by Gasteiger charge is 2.10. The molecule has 116 valence electrons. The highest BCUT2D eigenvalue weighted by atomic mass is 16.5. The van der Waals surface area contributed by atoms with Crippen molar-refractivity contribution in [3.8, 4) is 5.75 Å². The van der Waals surface area contributed by atoms with Gasteiger partial charge in [0.25, 0.3) is 0 Å². The van der Waals surface area contributed by atoms with Gasteiger partial charge in [-0.3, -0.25) is 4.79 Å². The van der Waals surface area contributed by atoms with Gasteiger partial charge in [-0.05, 0) is 38.5 Å². The average Bonchev–Trinajstić information content (AvgIpc) is 2.41. The SMILES string of the molecule is COc1ccc(CNC(=O)CN=C(N)NC(C)(C)C)cc1. The van der Waals surface area contributed by atoms with Crippen LogP contribution in [0.1, 0.15) is 26.3 Å². The molecule has 21 heavy (non-hydrogen) atoms. The Balaban J connectivity index is 2.38. The van der Waals surface area contributed by atoms with Gasteiger partial charge in [-0.2, -0.15) is 0 Å². The number of ether oxygens (including phenoxy) is 1. The number of hydrogen-bond acceptors (Lipinski definition) is 3. The van der Waals surface area contributed by atoms with Crippen LogP contribution in [0.25, 0.3) is 0 Å². The van der Waals surface area contributed by atoms with Crippen molar-refractivity contribution < 1.29 is 9.53 Å². The van der Waals surface area contributed by atoms with Crippen molar-refractivity contribution in [2.75, 3.05) is 13.7 Å². The van der Waals surface area contributed by atoms with Crippen LogP contribution in [-0.4, -0.2) is 31.1 Å². The van der Waals surface area contributed by atoms with Crippen molar-refractivity contribution in [2.45, 2.75) is 32.9 Å². The normalized spacial score (nSPS) is 11.9. The van der Waals surface area contributed by atoms with E-state index in [1.54, 1.807) is 7.11 Å². The molecular weight excluding hydrogens is 268 g/mol. The summed E-state index contributed by atoms with van der Waals surface area (Å²) in [5, 5.41) is 5.78. The number of benzene rings is 1. The number of carbonyl (C=O) groups is 1. The van der Waals surface area contributed by atoms with Crippen LogP contribution >= 0.6 is 0 Å². The quantitative estimate of drug-likeness (QED) is 0.558. The fourth-order valence-electron chi connectivity index (χ4n) is 1.58. The Morgan fingerprint density at radius 3 is 2.43 bits per heavy atom. The number of hydrogen-bond donors (Lipinski definition) is 3. The Morgan fingerprint density at radius 2 is 1.90 bits per heavy atom. The molecule has 1 amide bonds. The largest absolute Gasteiger partial charge is 0.497 e. The van der Waals surface area contributed by atoms with Gasteiger partial charge in [-0.15, -0.1) is 0 Å². The van der Waals surface area contributed by atoms with Gasteiger partial charge in [0.05, 0.1) is 7.11 Å². The van der Waals surface area contributed by atoms with Crippen LogP contribution in [0.4, 0.5) is 0 Å². The molecule has 0 saturated carbocycles. The summed E-state index contributed by atoms with van der Waals surface area (Å²) in [7, 11) is 1.62. The van der Waals surface area contributed by atoms with Crippen LogP contribution in [0.3, 0.4) is 0 Å². The van der Waals surface area contributed by atoms with E-state index in [9.17, 15) is 4.79 Å². The summed E-state index contributed by atoms with van der Waals surface area (Å²) in [6, 6.07) is 7.51. The van der Waals surface area contributed by atoms with Gasteiger partial charge < -0.3 is 21.1 Å². The minimum absolute atomic E-state index is 0.00503. The molecule has 1 aromatic rings. The van der Waals surface area contributed by atoms with Crippen LogP contribution in [0.15, 0.2) is 29.3 Å². The van der Waals surface area contributed by atoms with Crippen molar-refractivity contribution in [1.82, 2.24) is 10.6 Å². The van der Waals surface area contributed by atoms with E-state index in [-0.39, 0.29) is 24.0 Å². The van der Waals surface area contributed by atoms with Gasteiger partial charge >= 0.3 is 0 Å². The minimum Gasteiger partial charge on any atom is -0.497 e. The van der Waals surface area contributed by atoms with E-state index in [0.717, 1.165) is 11.3 Å². The number of amides is 1. The molecule has 6 nitrogen and oxygen atoms in total. The second-order valence-electron chi connectivity index (χ2n) is 5.70. The molecule has 0 unspecified atom stereocenters. The fraction of sp³-hybridized carbons (Fsp3) is 0.467. The summed E-state index contributed by atoms with van der Waals surface area (Å²) < 4.78 is 5.07. The van der Waals surface area contributed by atoms with Crippen molar-refractivity contribution in [3.05, 3.63) is 29.8 Å². The summed E-state index contributed by atoms with van der Waals surface area (Å²) in [6.07, 6.45) is 0. The number of nitrogens with zero attached hydrogens (tertiary/aromatic N) is 1. The lowest BCUT2D eigenvalue weighted by Crippen LogP contribution is -2.45. The number of rotatable bonds is 5. The first-order valence-electron chi connectivity index (χ1n) is 6.78. The van der Waals surface area contributed by atoms with Crippen molar-refractivity contribution >= 4 is 11.9 Å². The molecule has 0 aromatic heterocycles. The first-order valence-corrected chi connectivity index (χ1v) is 6.78. The Bertz CT molecular complexity index is 489. The third-order valence-corrected chi connectivity index (χ3v) is 2.54. The molecule has 4 N–H and O–H groups in total. The maximum absolute atomic E-state index is 11.7. The van der Waals surface area contributed by atoms with E-state index in [4.69, 9.17) is 10.5 Å². The second kappa shape index (κ2) is 7.52. The Hall–Kier alpha value is -2.24. The molecule has 0 heterocycles. The van der Waals surface area contributed by atoms with Gasteiger partial charge in [0.2, 0.25) is 5.91 Å². The Kier molecular flexibility index (Phi) is 6.02. The number of methoxy groups -OCH3 is 1. The summed E-state index contributed by atoms with van der Waals surface area (Å²) in [6.45, 7) is 6.37. The van der Waals surface area contributed by atoms with Gasteiger partial charge in [-0.1, -0.05) is 12.1 Å². The third kappa shape index (κ3) is 7.20. The van der Waals surface area contributed by atoms with Gasteiger partial charge in [0.15, 0.2) is 5.96 Å². The lowest BCUT2D eigenvalue weighted by atomic mass is 10.1. The molecular formula is C15H24N4O2. The molecule has 0 aliphatic carbocycles. The average molecular weight is 292 g/mol. The summed E-state index contributed by atoms with van der Waals surface area (Å²) >= 11 is 0. The number of nitrogens with one attached hydrogen (secondary N) is 2. The van der Waals surface area contributed by atoms with Gasteiger partial charge in [0.1, 0.15) is 12.3 Å². The third-order valence-electron chi connectivity index (χ3n) is 2.54. The molecule has 1 rings (SSSR count). The Morgan fingerprint density at radius 1 is 1.29 bits per heavy atom. The van der Waals surface area contributed by atoms with E-state index < -0.39 is 0 Å². The van der Waals surface area contributed by atoms with E-state index in [2.05, 4.69) is 15.6 Å². The zero-order valence-corrected chi connectivity index (χ0v) is 13.1. The van der Waals surface area contributed by atoms with Crippen LogP contribution in [0, 0.1) is 0 Å². The van der Waals surface area contributed by atoms with Crippen molar-refractivity contribution in [2.24, 2.45) is 10.7 Å². The zero-order valence-electron chi connectivity index (χ0n) is 13.1. The first kappa shape index (κ1) is 16.8. The molecule has 0 saturated heterocycles. The summed E-state index contributed by atoms with van der Waals surface area (Å²) in [4.78, 5) is 15.7. The lowest BCUT2D eigenvalue weighted by Gasteiger charge is -2.20. The molecule has 0 fully saturated rings. The number of aliphatic imine (C=N–C) groups is 1. The molecule has 0 spiro atoms. The van der Waals surface area contributed by atoms with Gasteiger partial charge in [-0.25, -0.2) is 4.99 Å². The minimum atomic E-state index is -0.176. The zero-order chi connectivity index (χ0) is 15.9. The van der Waals surface area contributed by atoms with Gasteiger partial charge in [0, 0.05) is 12.1 Å². The summed E-state index contributed by atoms with van der Waals surface area (Å²) in [5.41, 5.74) is 6.51. The monoisotopic (exact) mass is 292 g/mol. The molecule has 0 atom stereocenters. The second-order valence-corrected chi connectivity index (χ2v) is 5.70. The van der Waals surface area contributed by atoms with Crippen LogP contribution < -0.4 is 21.1 Å². The predicted molar refractivity (Wildman–Crippen MR) is 84.2 cm³/mol. The Labute approximate surface area is 125 Å². The molecule has 0 aliphatic heterocycles. The molecule has 0 radical (unpaired) electrons. The fourth-order valence-corrected chi connectivity index (χ4v) is 1.58. The molecule has 0 bridgehead atoms. The maximum Gasteiger partial charge on any atom is 0.242 e. The van der Waals surface area contributed by atoms with Crippen LogP contribution in [-0.2, 0) is 11.3 Å². The van der Waals surface area contributed by atoms with E-state index in [1.165, 1.54) is 0 Å². The topological polar surface area (TPSA) is 88.7 Å². The van der Waals surface area contributed by atoms with Crippen molar-refractivity contribution in [3.63, 3.8) is 0 Å². The summed E-state index contributed by atoms with van der Waals surface area (Å²) in [5.74, 6) is 0.877. The highest BCUT2D eigenvalue weighted by Crippen LogP contribution is 2.10. The van der Waals surface area contributed by atoms with Crippen LogP contribution in [0.2, 0.25) is 0 Å². The smallest absolute Gasteiger partial charge is 0.242 e. The van der Waals surface area contributed by atoms with E-state index in [1.807, 2.05) is 45.0 Å². The van der Waals surface area contributed by atoms with E-state index in [0.29, 0.717) is 6.54 Å². The van der Waals surface area contributed by atoms with Crippen LogP contribution in [0.5, 0.6) is 5.75 Å². The van der Waals surface area contributed by atoms with E-state index >= 15 is 0 Å². The standard InChI is InChI=1S/C15H24N4O2/c1-15(2,3)19-14(16)18-10-13(20)17-9-11-5-7-12(21-4)8-6-11/h5-8H,9-10H2,1-4H3,(H,17,20)(H3,16,18,19). The first-order chi connectivity index (χ1) is 9.80. The van der Waals surface area contributed by atoms with Crippen molar-refractivity contribution in [1.29, 1.82) is 0 Å². The number of nitrogens with two attached hydrogens (primary N) is 1. The number of guanidine groups is 1. The lowest BCUT2D eigenvalue weighted by molar-refractivity contribution is -0.119. The molecule has 0 aliphatic rings. The molecule has 1 aromatic carbocycles. The molecule has 6 heteroatoms. The highest BCUT2D eigenvalue weighted by molar-refractivity contribution is 5.84.